The summed E-state index contributed by atoms with van der Waals surface area (Å²) in [6.45, 7) is 19.4. The normalized spacial score (nSPS) is 53.4. The van der Waals surface area contributed by atoms with Crippen LogP contribution in [0.3, 0.4) is 0 Å². The van der Waals surface area contributed by atoms with Gasteiger partial charge < -0.3 is 15.3 Å². The van der Waals surface area contributed by atoms with Crippen molar-refractivity contribution >= 4 is 0 Å². The van der Waals surface area contributed by atoms with E-state index in [1.54, 1.807) is 0 Å². The first-order chi connectivity index (χ1) is 15.1. The molecule has 4 aliphatic rings. The largest absolute Gasteiger partial charge is 0.394 e. The SMILES string of the molecule is C[C@@H](O)[C@@]1(C)CC[C@H]2[C@@](C)(CC[C@@]3(C)[C@@H]4CC(C)(C)CC[C@]4(C)CC[C@]23C)[C@@H]1C[C@@H](O)CO. The molecule has 192 valence electrons. The Morgan fingerprint density at radius 2 is 1.33 bits per heavy atom. The summed E-state index contributed by atoms with van der Waals surface area (Å²) in [5.74, 6) is 1.62. The van der Waals surface area contributed by atoms with E-state index in [9.17, 15) is 15.3 Å². The van der Waals surface area contributed by atoms with Crippen molar-refractivity contribution in [3.8, 4) is 0 Å². The number of rotatable bonds is 4. The van der Waals surface area contributed by atoms with Gasteiger partial charge in [-0.25, -0.2) is 0 Å². The van der Waals surface area contributed by atoms with E-state index >= 15 is 0 Å². The molecule has 0 amide bonds. The summed E-state index contributed by atoms with van der Waals surface area (Å²) in [5, 5.41) is 31.3. The first-order valence-corrected chi connectivity index (χ1v) is 14.1. The van der Waals surface area contributed by atoms with E-state index in [1.165, 1.54) is 51.4 Å². The van der Waals surface area contributed by atoms with Crippen LogP contribution in [0.1, 0.15) is 120 Å². The highest BCUT2D eigenvalue weighted by Gasteiger charge is 2.70. The summed E-state index contributed by atoms with van der Waals surface area (Å²) in [6, 6.07) is 0. The van der Waals surface area contributed by atoms with E-state index in [2.05, 4.69) is 48.5 Å². The Balaban J connectivity index is 1.76. The molecule has 3 N–H and O–H groups in total. The van der Waals surface area contributed by atoms with Crippen LogP contribution in [0, 0.1) is 50.2 Å². The van der Waals surface area contributed by atoms with Gasteiger partial charge in [-0.2, -0.15) is 0 Å². The van der Waals surface area contributed by atoms with Crippen molar-refractivity contribution in [3.05, 3.63) is 0 Å². The van der Waals surface area contributed by atoms with Crippen LogP contribution in [0.25, 0.3) is 0 Å². The van der Waals surface area contributed by atoms with Crippen LogP contribution in [0.2, 0.25) is 0 Å². The highest BCUT2D eigenvalue weighted by molar-refractivity contribution is 5.19. The maximum Gasteiger partial charge on any atom is 0.0774 e. The molecule has 10 atom stereocenters. The van der Waals surface area contributed by atoms with Crippen molar-refractivity contribution in [2.24, 2.45) is 50.2 Å². The maximum atomic E-state index is 10.9. The van der Waals surface area contributed by atoms with Gasteiger partial charge in [0.2, 0.25) is 0 Å². The quantitative estimate of drug-likeness (QED) is 0.442. The number of hydrogen-bond donors (Lipinski definition) is 3. The van der Waals surface area contributed by atoms with E-state index in [0.717, 1.165) is 12.3 Å². The second-order valence-electron chi connectivity index (χ2n) is 15.3. The maximum absolute atomic E-state index is 10.9. The molecule has 4 rings (SSSR count). The van der Waals surface area contributed by atoms with Crippen LogP contribution in [-0.2, 0) is 0 Å². The number of fused-ring (bicyclic) bond motifs is 5. The summed E-state index contributed by atoms with van der Waals surface area (Å²) in [5.41, 5.74) is 1.44. The fourth-order valence-corrected chi connectivity index (χ4v) is 10.5. The predicted octanol–water partition coefficient (Wildman–Crippen LogP) is 6.58. The summed E-state index contributed by atoms with van der Waals surface area (Å²) in [4.78, 5) is 0. The molecule has 0 unspecified atom stereocenters. The molecule has 4 fully saturated rings. The van der Waals surface area contributed by atoms with Gasteiger partial charge in [0.05, 0.1) is 18.8 Å². The second-order valence-corrected chi connectivity index (χ2v) is 15.3. The lowest BCUT2D eigenvalue weighted by Gasteiger charge is -2.74. The predicted molar refractivity (Wildman–Crippen MR) is 136 cm³/mol. The standard InChI is InChI=1S/C30H54O3/c1-20(32)27(5)10-9-22-28(6,23(27)17-21(33)19-31)14-16-30(8)24-18-25(2,3)11-12-26(24,4)13-15-29(22,30)7/h20-24,31-33H,9-19H2,1-8H3/t20-,21-,22+,23-,24-,26-,27-,28-,29-,30+/m1/s1. The Morgan fingerprint density at radius 3 is 1.94 bits per heavy atom. The van der Waals surface area contributed by atoms with Gasteiger partial charge in [-0.05, 0) is 121 Å². The summed E-state index contributed by atoms with van der Waals surface area (Å²) in [6.07, 6.45) is 10.9. The van der Waals surface area contributed by atoms with Crippen LogP contribution in [-0.4, -0.2) is 34.1 Å². The first kappa shape index (κ1) is 26.0. The van der Waals surface area contributed by atoms with E-state index in [-0.39, 0.29) is 23.4 Å². The van der Waals surface area contributed by atoms with E-state index in [4.69, 9.17) is 0 Å². The molecular weight excluding hydrogens is 408 g/mol. The van der Waals surface area contributed by atoms with Crippen LogP contribution in [0.4, 0.5) is 0 Å². The van der Waals surface area contributed by atoms with Gasteiger partial charge in [-0.15, -0.1) is 0 Å². The van der Waals surface area contributed by atoms with Gasteiger partial charge in [-0.3, -0.25) is 0 Å². The topological polar surface area (TPSA) is 60.7 Å². The first-order valence-electron chi connectivity index (χ1n) is 14.1. The molecule has 0 bridgehead atoms. The van der Waals surface area contributed by atoms with Crippen LogP contribution < -0.4 is 0 Å². The summed E-state index contributed by atoms with van der Waals surface area (Å²) in [7, 11) is 0. The highest BCUT2D eigenvalue weighted by atomic mass is 16.3. The van der Waals surface area contributed by atoms with E-state index in [0.29, 0.717) is 34.0 Å². The van der Waals surface area contributed by atoms with Gasteiger partial charge in [-0.1, -0.05) is 48.5 Å². The molecule has 0 aromatic carbocycles. The molecule has 0 spiro atoms. The minimum Gasteiger partial charge on any atom is -0.394 e. The zero-order valence-electron chi connectivity index (χ0n) is 23.0. The summed E-state index contributed by atoms with van der Waals surface area (Å²) < 4.78 is 0. The third kappa shape index (κ3) is 3.60. The van der Waals surface area contributed by atoms with Crippen LogP contribution in [0.15, 0.2) is 0 Å². The smallest absolute Gasteiger partial charge is 0.0774 e. The highest BCUT2D eigenvalue weighted by Crippen LogP contribution is 2.77. The van der Waals surface area contributed by atoms with Crippen molar-refractivity contribution in [2.75, 3.05) is 6.61 Å². The molecule has 0 aromatic heterocycles. The van der Waals surface area contributed by atoms with Crippen molar-refractivity contribution < 1.29 is 15.3 Å². The van der Waals surface area contributed by atoms with Gasteiger partial charge in [0.25, 0.3) is 0 Å². The molecular formula is C30H54O3. The zero-order chi connectivity index (χ0) is 24.7. The molecule has 0 radical (unpaired) electrons. The molecule has 4 saturated carbocycles. The van der Waals surface area contributed by atoms with Crippen LogP contribution >= 0.6 is 0 Å². The van der Waals surface area contributed by atoms with Gasteiger partial charge in [0, 0.05) is 0 Å². The lowest BCUT2D eigenvalue weighted by atomic mass is 9.30. The van der Waals surface area contributed by atoms with Crippen LogP contribution in [0.5, 0.6) is 0 Å². The van der Waals surface area contributed by atoms with Crippen molar-refractivity contribution in [2.45, 2.75) is 132 Å². The van der Waals surface area contributed by atoms with Crippen molar-refractivity contribution in [3.63, 3.8) is 0 Å². The minimum absolute atomic E-state index is 0.0896. The Morgan fingerprint density at radius 1 is 0.758 bits per heavy atom. The molecule has 0 aliphatic heterocycles. The molecule has 4 aliphatic carbocycles. The lowest BCUT2D eigenvalue weighted by Crippen LogP contribution is -2.67. The third-order valence-electron chi connectivity index (χ3n) is 13.2. The minimum atomic E-state index is -0.696. The third-order valence-corrected chi connectivity index (χ3v) is 13.2. The fourth-order valence-electron chi connectivity index (χ4n) is 10.5. The molecule has 3 nitrogen and oxygen atoms in total. The van der Waals surface area contributed by atoms with Gasteiger partial charge in [0.15, 0.2) is 0 Å². The Hall–Kier alpha value is -0.120. The van der Waals surface area contributed by atoms with E-state index < -0.39 is 12.2 Å². The Bertz CT molecular complexity index is 747. The lowest BCUT2D eigenvalue weighted by molar-refractivity contribution is -0.259. The molecule has 0 aromatic rings. The zero-order valence-corrected chi connectivity index (χ0v) is 23.0. The molecule has 0 heterocycles. The number of hydrogen-bond acceptors (Lipinski definition) is 3. The van der Waals surface area contributed by atoms with Crippen molar-refractivity contribution in [1.82, 2.24) is 0 Å². The second kappa shape index (κ2) is 7.94. The average molecular weight is 463 g/mol. The average Bonchev–Trinajstić information content (AvgIpc) is 2.73. The molecule has 3 heteroatoms. The van der Waals surface area contributed by atoms with Crippen molar-refractivity contribution in [1.29, 1.82) is 0 Å². The monoisotopic (exact) mass is 462 g/mol. The Kier molecular flexibility index (Phi) is 6.24. The number of aliphatic hydroxyl groups is 3. The molecule has 33 heavy (non-hydrogen) atoms. The number of aliphatic hydroxyl groups excluding tert-OH is 3. The van der Waals surface area contributed by atoms with E-state index in [1.807, 2.05) is 6.92 Å². The fraction of sp³-hybridized carbons (Fsp3) is 1.00. The van der Waals surface area contributed by atoms with Gasteiger partial charge in [0.1, 0.15) is 0 Å². The summed E-state index contributed by atoms with van der Waals surface area (Å²) >= 11 is 0. The Labute approximate surface area is 204 Å². The van der Waals surface area contributed by atoms with Gasteiger partial charge >= 0.3 is 0 Å². The molecule has 0 saturated heterocycles.